The molecule has 3 fully saturated rings. The number of ether oxygens (including phenoxy) is 1. The van der Waals surface area contributed by atoms with Crippen molar-refractivity contribution < 1.29 is 42.5 Å². The zero-order chi connectivity index (χ0) is 47.0. The Kier molecular flexibility index (Phi) is 13.9. The van der Waals surface area contributed by atoms with Gasteiger partial charge in [0.15, 0.2) is 0 Å². The largest absolute Gasteiger partial charge is 0.480 e. The maximum atomic E-state index is 14.8. The number of aromatic nitrogens is 2. The molecule has 2 aromatic heterocycles. The van der Waals surface area contributed by atoms with Gasteiger partial charge in [-0.3, -0.25) is 24.5 Å². The minimum atomic E-state index is -4.56. The molecule has 1 aliphatic carbocycles. The SMILES string of the molecule is CC(C)c1ncc(N2CCN(C3CC3)CC2)cc1-c1c(CC(C)(C)CO)c2cc(-c3cccc(C[C@H](NC(=O)OC(C)(C)C)C(=O)N4CCC[C@@H](C(=O)O)N4)c3)ccc2n1CC(F)(F)F. The van der Waals surface area contributed by atoms with E-state index in [2.05, 4.69) is 20.5 Å². The number of alkyl carbamates (subject to hydrolysis) is 1. The molecule has 4 heterocycles. The third-order valence-electron chi connectivity index (χ3n) is 12.5. The molecule has 1 saturated carbocycles. The number of aliphatic carboxylic acids is 1. The number of hydrogen-bond donors (Lipinski definition) is 4. The molecular formula is C49H64F3N7O6. The van der Waals surface area contributed by atoms with Crippen LogP contribution < -0.4 is 15.6 Å². The second kappa shape index (κ2) is 19.0. The first kappa shape index (κ1) is 47.8. The van der Waals surface area contributed by atoms with Crippen LogP contribution in [0.2, 0.25) is 0 Å². The normalized spacial score (nSPS) is 18.3. The van der Waals surface area contributed by atoms with Gasteiger partial charge in [0.05, 0.1) is 23.3 Å². The highest BCUT2D eigenvalue weighted by Crippen LogP contribution is 2.44. The van der Waals surface area contributed by atoms with Gasteiger partial charge < -0.3 is 29.7 Å². The molecule has 2 saturated heterocycles. The first-order chi connectivity index (χ1) is 30.6. The fourth-order valence-electron chi connectivity index (χ4n) is 9.12. The maximum absolute atomic E-state index is 14.8. The number of fused-ring (bicyclic) bond motifs is 1. The molecule has 3 aliphatic rings. The number of benzene rings is 2. The average molecular weight is 904 g/mol. The van der Waals surface area contributed by atoms with E-state index in [1.807, 2.05) is 70.3 Å². The fraction of sp³-hybridized carbons (Fsp3) is 0.551. The highest BCUT2D eigenvalue weighted by molar-refractivity contribution is 5.96. The number of hydrazine groups is 1. The van der Waals surface area contributed by atoms with Gasteiger partial charge >= 0.3 is 18.2 Å². The number of aliphatic hydroxyl groups is 1. The van der Waals surface area contributed by atoms with E-state index in [-0.39, 0.29) is 31.9 Å². The Morgan fingerprint density at radius 3 is 2.28 bits per heavy atom. The Hall–Kier alpha value is -5.19. The number of rotatable bonds is 14. The summed E-state index contributed by atoms with van der Waals surface area (Å²) in [7, 11) is 0. The number of aliphatic hydroxyl groups excluding tert-OH is 1. The van der Waals surface area contributed by atoms with Gasteiger partial charge in [0, 0.05) is 68.3 Å². The van der Waals surface area contributed by atoms with Crippen molar-refractivity contribution in [3.63, 3.8) is 0 Å². The Balaban J connectivity index is 1.31. The van der Waals surface area contributed by atoms with Crippen molar-refractivity contribution >= 4 is 34.6 Å². The van der Waals surface area contributed by atoms with Gasteiger partial charge in [0.25, 0.3) is 5.91 Å². The van der Waals surface area contributed by atoms with Crippen LogP contribution in [0, 0.1) is 5.41 Å². The lowest BCUT2D eigenvalue weighted by atomic mass is 9.84. The number of carboxylic acids is 1. The lowest BCUT2D eigenvalue weighted by Gasteiger charge is -2.36. The van der Waals surface area contributed by atoms with Crippen LogP contribution in [0.15, 0.2) is 54.7 Å². The van der Waals surface area contributed by atoms with Crippen LogP contribution in [0.3, 0.4) is 0 Å². The molecule has 4 aromatic rings. The minimum absolute atomic E-state index is 0.0308. The molecule has 352 valence electrons. The fourth-order valence-corrected chi connectivity index (χ4v) is 9.12. The number of carbonyl (C=O) groups is 3. The van der Waals surface area contributed by atoms with Crippen molar-refractivity contribution in [1.82, 2.24) is 30.2 Å². The number of halogens is 3. The predicted octanol–water partition coefficient (Wildman–Crippen LogP) is 7.92. The van der Waals surface area contributed by atoms with Crippen molar-refractivity contribution in [2.45, 2.75) is 129 Å². The van der Waals surface area contributed by atoms with Crippen molar-refractivity contribution in [2.75, 3.05) is 44.2 Å². The van der Waals surface area contributed by atoms with Crippen LogP contribution in [-0.2, 0) is 33.7 Å². The molecule has 0 bridgehead atoms. The lowest BCUT2D eigenvalue weighted by Crippen LogP contribution is -2.60. The summed E-state index contributed by atoms with van der Waals surface area (Å²) in [4.78, 5) is 48.7. The van der Waals surface area contributed by atoms with Crippen LogP contribution in [-0.4, -0.2) is 117 Å². The quantitative estimate of drug-likeness (QED) is 0.0983. The zero-order valence-electron chi connectivity index (χ0n) is 38.6. The molecule has 13 nitrogen and oxygen atoms in total. The van der Waals surface area contributed by atoms with Crippen LogP contribution in [0.5, 0.6) is 0 Å². The number of anilines is 1. The molecular weight excluding hydrogens is 840 g/mol. The van der Waals surface area contributed by atoms with Crippen LogP contribution >= 0.6 is 0 Å². The van der Waals surface area contributed by atoms with Gasteiger partial charge in [-0.15, -0.1) is 0 Å². The second-order valence-corrected chi connectivity index (χ2v) is 20.1. The standard InChI is InChI=1S/C49H64F3N7O6/c1-30(2)42-37(25-35(27-53-42)57-20-18-56(19-21-57)34-14-15-34)43-38(26-48(6,7)29-60)36-24-33(13-16-41(36)58(43)28-49(50,51)52)32-11-8-10-31(22-32)23-40(54-46(64)65-47(3,4)5)44(61)59-17-9-12-39(55-59)45(62)63/h8,10-11,13,16,22,24-25,27,30,34,39-40,55,60H,9,12,14-15,17-21,23,26,28-29H2,1-7H3,(H,54,64)(H,62,63)/t39-,40-/m0/s1. The molecule has 65 heavy (non-hydrogen) atoms. The van der Waals surface area contributed by atoms with E-state index in [1.165, 1.54) is 22.4 Å². The molecule has 2 aromatic carbocycles. The smallest absolute Gasteiger partial charge is 0.408 e. The summed E-state index contributed by atoms with van der Waals surface area (Å²) in [6.45, 7) is 15.2. The van der Waals surface area contributed by atoms with Crippen molar-refractivity contribution in [2.24, 2.45) is 5.41 Å². The van der Waals surface area contributed by atoms with Gasteiger partial charge in [-0.05, 0) is 105 Å². The number of hydrogen-bond acceptors (Lipinski definition) is 9. The first-order valence-corrected chi connectivity index (χ1v) is 22.8. The number of alkyl halides is 3. The number of carboxylic acid groups (broad SMARTS) is 1. The number of nitrogens with zero attached hydrogens (tertiary/aromatic N) is 5. The van der Waals surface area contributed by atoms with E-state index in [0.29, 0.717) is 63.4 Å². The summed E-state index contributed by atoms with van der Waals surface area (Å²) >= 11 is 0. The Morgan fingerprint density at radius 2 is 1.65 bits per heavy atom. The topological polar surface area (TPSA) is 153 Å². The summed E-state index contributed by atoms with van der Waals surface area (Å²) in [5.41, 5.74) is 7.07. The maximum Gasteiger partial charge on any atom is 0.408 e. The zero-order valence-corrected chi connectivity index (χ0v) is 38.6. The molecule has 2 amide bonds. The van der Waals surface area contributed by atoms with Crippen molar-refractivity contribution in [3.8, 4) is 22.4 Å². The minimum Gasteiger partial charge on any atom is -0.480 e. The summed E-state index contributed by atoms with van der Waals surface area (Å²) in [5.74, 6) is -1.72. The molecule has 0 spiro atoms. The highest BCUT2D eigenvalue weighted by atomic mass is 19.4. The van der Waals surface area contributed by atoms with Crippen LogP contribution in [0.4, 0.5) is 23.7 Å². The van der Waals surface area contributed by atoms with E-state index in [9.17, 15) is 37.8 Å². The van der Waals surface area contributed by atoms with Gasteiger partial charge in [-0.25, -0.2) is 10.2 Å². The summed E-state index contributed by atoms with van der Waals surface area (Å²) in [5, 5.41) is 24.8. The number of nitrogens with one attached hydrogen (secondary N) is 2. The van der Waals surface area contributed by atoms with E-state index in [1.54, 1.807) is 32.9 Å². The Bertz CT molecular complexity index is 2380. The van der Waals surface area contributed by atoms with Gasteiger partial charge in [-0.1, -0.05) is 58.0 Å². The number of carbonyl (C=O) groups excluding carboxylic acids is 2. The summed E-state index contributed by atoms with van der Waals surface area (Å²) in [6.07, 6.45) is 0.0393. The average Bonchev–Trinajstić information content (AvgIpc) is 4.06. The van der Waals surface area contributed by atoms with E-state index < -0.39 is 53.8 Å². The van der Waals surface area contributed by atoms with Crippen molar-refractivity contribution in [1.29, 1.82) is 0 Å². The highest BCUT2D eigenvalue weighted by Gasteiger charge is 2.37. The third-order valence-corrected chi connectivity index (χ3v) is 12.5. The Labute approximate surface area is 379 Å². The second-order valence-electron chi connectivity index (χ2n) is 20.1. The van der Waals surface area contributed by atoms with Crippen LogP contribution in [0.25, 0.3) is 33.3 Å². The monoisotopic (exact) mass is 903 g/mol. The van der Waals surface area contributed by atoms with Gasteiger partial charge in [0.1, 0.15) is 24.2 Å². The molecule has 0 radical (unpaired) electrons. The molecule has 2 aliphatic heterocycles. The Morgan fingerprint density at radius 1 is 0.938 bits per heavy atom. The molecule has 7 rings (SSSR count). The molecule has 4 N–H and O–H groups in total. The lowest BCUT2D eigenvalue weighted by molar-refractivity contribution is -0.147. The van der Waals surface area contributed by atoms with E-state index in [4.69, 9.17) is 9.72 Å². The number of amides is 2. The molecule has 2 atom stereocenters. The summed E-state index contributed by atoms with van der Waals surface area (Å²) in [6, 6.07) is 13.4. The van der Waals surface area contributed by atoms with E-state index >= 15 is 0 Å². The molecule has 0 unspecified atom stereocenters. The van der Waals surface area contributed by atoms with Crippen LogP contribution in [0.1, 0.15) is 96.9 Å². The van der Waals surface area contributed by atoms with Gasteiger partial charge in [-0.2, -0.15) is 13.2 Å². The number of piperazine rings is 1. The third kappa shape index (κ3) is 11.6. The number of pyridine rings is 1. The first-order valence-electron chi connectivity index (χ1n) is 22.8. The van der Waals surface area contributed by atoms with E-state index in [0.717, 1.165) is 37.4 Å². The predicted molar refractivity (Wildman–Crippen MR) is 244 cm³/mol. The van der Waals surface area contributed by atoms with Crippen molar-refractivity contribution in [3.05, 3.63) is 71.5 Å². The summed E-state index contributed by atoms with van der Waals surface area (Å²) < 4.78 is 51.3. The van der Waals surface area contributed by atoms with Gasteiger partial charge in [0.2, 0.25) is 0 Å². The molecule has 16 heteroatoms.